The molecule has 5 aromatic carbocycles. The van der Waals surface area contributed by atoms with E-state index in [9.17, 15) is 9.59 Å². The van der Waals surface area contributed by atoms with Gasteiger partial charge in [-0.15, -0.1) is 0 Å². The number of ketones is 1. The van der Waals surface area contributed by atoms with E-state index in [0.29, 0.717) is 29.5 Å². The number of methoxy groups -OCH3 is 1. The molecule has 1 heterocycles. The molecule has 0 fully saturated rings. The van der Waals surface area contributed by atoms with Gasteiger partial charge in [0.1, 0.15) is 17.6 Å². The van der Waals surface area contributed by atoms with E-state index in [1.807, 2.05) is 52.0 Å². The maximum Gasteiger partial charge on any atom is 0.332 e. The standard InChI is InChI=1S/C48H54N2O5/c1-10-12-15-35(11-2)27-50-44-21-18-36(46(49-55-34(8)51)38-20-19-37(24-30(38)4)54-33(7)28-53-9)25-41(44)42-26-43(39-16-13-14-17-40(39)47(42)50)48(52)45-31(5)22-29(3)23-32(45)6/h13-14,16-26,33,35H,10-12,15,27-28H2,1-9H3. The summed E-state index contributed by atoms with van der Waals surface area (Å²) in [6.07, 6.45) is 4.43. The summed E-state index contributed by atoms with van der Waals surface area (Å²) in [4.78, 5) is 32.2. The molecule has 6 aromatic rings. The first kappa shape index (κ1) is 39.4. The van der Waals surface area contributed by atoms with Crippen molar-refractivity contribution >= 4 is 50.0 Å². The number of nitrogens with zero attached hydrogens (tertiary/aromatic N) is 2. The highest BCUT2D eigenvalue weighted by Crippen LogP contribution is 2.39. The largest absolute Gasteiger partial charge is 0.488 e. The van der Waals surface area contributed by atoms with Crippen molar-refractivity contribution in [3.63, 3.8) is 0 Å². The zero-order chi connectivity index (χ0) is 39.4. The van der Waals surface area contributed by atoms with E-state index in [0.717, 1.165) is 97.3 Å². The lowest BCUT2D eigenvalue weighted by Crippen LogP contribution is -2.18. The molecule has 0 spiro atoms. The molecule has 0 aliphatic carbocycles. The first-order valence-corrected chi connectivity index (χ1v) is 19.6. The predicted molar refractivity (Wildman–Crippen MR) is 225 cm³/mol. The van der Waals surface area contributed by atoms with Gasteiger partial charge >= 0.3 is 5.97 Å². The van der Waals surface area contributed by atoms with Crippen LogP contribution in [-0.2, 0) is 20.9 Å². The van der Waals surface area contributed by atoms with Crippen LogP contribution >= 0.6 is 0 Å². The minimum absolute atomic E-state index is 0.0226. The molecule has 2 atom stereocenters. The Morgan fingerprint density at radius 1 is 0.800 bits per heavy atom. The van der Waals surface area contributed by atoms with Crippen LogP contribution in [-0.4, -0.2) is 41.9 Å². The molecule has 0 N–H and O–H groups in total. The predicted octanol–water partition coefficient (Wildman–Crippen LogP) is 11.4. The Bertz CT molecular complexity index is 2400. The summed E-state index contributed by atoms with van der Waals surface area (Å²) in [7, 11) is 1.65. The monoisotopic (exact) mass is 738 g/mol. The van der Waals surface area contributed by atoms with Crippen molar-refractivity contribution in [2.45, 2.75) is 93.7 Å². The Hall–Kier alpha value is -5.27. The third-order valence-electron chi connectivity index (χ3n) is 10.7. The van der Waals surface area contributed by atoms with Crippen LogP contribution in [0.25, 0.3) is 32.6 Å². The third-order valence-corrected chi connectivity index (χ3v) is 10.7. The number of rotatable bonds is 15. The van der Waals surface area contributed by atoms with Gasteiger partial charge in [0.05, 0.1) is 12.1 Å². The number of carbonyl (C=O) groups excluding carboxylic acids is 2. The second kappa shape index (κ2) is 17.0. The fraction of sp³-hybridized carbons (Fsp3) is 0.354. The second-order valence-corrected chi connectivity index (χ2v) is 15.1. The molecule has 0 bridgehead atoms. The van der Waals surface area contributed by atoms with Gasteiger partial charge in [0.2, 0.25) is 0 Å². The van der Waals surface area contributed by atoms with E-state index >= 15 is 0 Å². The lowest BCUT2D eigenvalue weighted by Gasteiger charge is -2.19. The fourth-order valence-electron chi connectivity index (χ4n) is 8.18. The summed E-state index contributed by atoms with van der Waals surface area (Å²) < 4.78 is 13.8. The summed E-state index contributed by atoms with van der Waals surface area (Å²) in [5.74, 6) is 0.727. The van der Waals surface area contributed by atoms with Gasteiger partial charge in [-0.3, -0.25) is 4.79 Å². The number of hydrogen-bond acceptors (Lipinski definition) is 6. The molecule has 2 unspecified atom stereocenters. The van der Waals surface area contributed by atoms with Crippen molar-refractivity contribution in [3.8, 4) is 5.75 Å². The molecule has 0 aliphatic heterocycles. The molecule has 7 heteroatoms. The minimum atomic E-state index is -0.504. The Morgan fingerprint density at radius 3 is 2.18 bits per heavy atom. The number of fused-ring (bicyclic) bond motifs is 5. The van der Waals surface area contributed by atoms with Crippen LogP contribution < -0.4 is 4.74 Å². The van der Waals surface area contributed by atoms with Gasteiger partial charge in [-0.05, 0) is 105 Å². The zero-order valence-corrected chi connectivity index (χ0v) is 33.8. The summed E-state index contributed by atoms with van der Waals surface area (Å²) in [5.41, 5.74) is 9.79. The van der Waals surface area contributed by atoms with E-state index < -0.39 is 5.97 Å². The number of benzene rings is 5. The fourth-order valence-corrected chi connectivity index (χ4v) is 8.18. The van der Waals surface area contributed by atoms with Gasteiger partial charge in [0.15, 0.2) is 5.78 Å². The molecular formula is C48H54N2O5. The Labute approximate surface area is 325 Å². The Morgan fingerprint density at radius 2 is 1.53 bits per heavy atom. The van der Waals surface area contributed by atoms with Crippen LogP contribution in [0.5, 0.6) is 5.75 Å². The van der Waals surface area contributed by atoms with Crippen molar-refractivity contribution in [2.24, 2.45) is 11.1 Å². The molecule has 6 rings (SSSR count). The molecule has 55 heavy (non-hydrogen) atoms. The van der Waals surface area contributed by atoms with Gasteiger partial charge in [0.25, 0.3) is 0 Å². The number of aryl methyl sites for hydroxylation is 4. The van der Waals surface area contributed by atoms with Crippen LogP contribution in [0.2, 0.25) is 0 Å². The average Bonchev–Trinajstić information content (AvgIpc) is 3.45. The number of unbranched alkanes of at least 4 members (excludes halogenated alkanes) is 1. The molecule has 1 aromatic heterocycles. The summed E-state index contributed by atoms with van der Waals surface area (Å²) >= 11 is 0. The lowest BCUT2D eigenvalue weighted by molar-refractivity contribution is -0.140. The van der Waals surface area contributed by atoms with E-state index in [2.05, 4.69) is 85.1 Å². The molecular weight excluding hydrogens is 685 g/mol. The lowest BCUT2D eigenvalue weighted by atomic mass is 9.89. The molecule has 7 nitrogen and oxygen atoms in total. The smallest absolute Gasteiger partial charge is 0.332 e. The maximum absolute atomic E-state index is 14.7. The van der Waals surface area contributed by atoms with Crippen molar-refractivity contribution < 1.29 is 23.9 Å². The minimum Gasteiger partial charge on any atom is -0.488 e. The maximum atomic E-state index is 14.7. The van der Waals surface area contributed by atoms with Crippen molar-refractivity contribution in [1.82, 2.24) is 4.57 Å². The van der Waals surface area contributed by atoms with Gasteiger partial charge in [-0.25, -0.2) is 4.79 Å². The van der Waals surface area contributed by atoms with Crippen LogP contribution in [0.15, 0.2) is 84.0 Å². The quantitative estimate of drug-likeness (QED) is 0.0453. The topological polar surface area (TPSA) is 79.1 Å². The van der Waals surface area contributed by atoms with Crippen molar-refractivity contribution in [1.29, 1.82) is 0 Å². The highest BCUT2D eigenvalue weighted by Gasteiger charge is 2.24. The number of oxime groups is 1. The van der Waals surface area contributed by atoms with Crippen molar-refractivity contribution in [3.05, 3.63) is 123 Å². The highest BCUT2D eigenvalue weighted by molar-refractivity contribution is 6.27. The molecule has 0 saturated heterocycles. The zero-order valence-electron chi connectivity index (χ0n) is 33.8. The first-order chi connectivity index (χ1) is 26.4. The normalized spacial score (nSPS) is 13.1. The van der Waals surface area contributed by atoms with E-state index in [-0.39, 0.29) is 11.9 Å². The molecule has 0 radical (unpaired) electrons. The van der Waals surface area contributed by atoms with Gasteiger partial charge in [-0.2, -0.15) is 0 Å². The summed E-state index contributed by atoms with van der Waals surface area (Å²) in [5, 5.41) is 8.45. The second-order valence-electron chi connectivity index (χ2n) is 15.1. The number of carbonyl (C=O) groups is 2. The molecule has 0 saturated carbocycles. The van der Waals surface area contributed by atoms with Crippen LogP contribution in [0.3, 0.4) is 0 Å². The molecule has 0 amide bonds. The van der Waals surface area contributed by atoms with E-state index in [4.69, 9.17) is 14.3 Å². The Kier molecular flexibility index (Phi) is 12.2. The first-order valence-electron chi connectivity index (χ1n) is 19.6. The average molecular weight is 739 g/mol. The van der Waals surface area contributed by atoms with Crippen LogP contribution in [0, 0.1) is 33.6 Å². The van der Waals surface area contributed by atoms with E-state index in [1.165, 1.54) is 13.3 Å². The van der Waals surface area contributed by atoms with Gasteiger partial charge in [-0.1, -0.05) is 86.3 Å². The summed E-state index contributed by atoms with van der Waals surface area (Å²) in [6.45, 7) is 17.3. The van der Waals surface area contributed by atoms with E-state index in [1.54, 1.807) is 7.11 Å². The highest BCUT2D eigenvalue weighted by atomic mass is 16.7. The van der Waals surface area contributed by atoms with Crippen LogP contribution in [0.1, 0.15) is 103 Å². The third kappa shape index (κ3) is 8.23. The number of ether oxygens (including phenoxy) is 2. The summed E-state index contributed by atoms with van der Waals surface area (Å²) in [6, 6.07) is 26.8. The van der Waals surface area contributed by atoms with Gasteiger partial charge in [0, 0.05) is 64.5 Å². The van der Waals surface area contributed by atoms with Gasteiger partial charge < -0.3 is 18.9 Å². The van der Waals surface area contributed by atoms with Crippen LogP contribution in [0.4, 0.5) is 0 Å². The number of aromatic nitrogens is 1. The van der Waals surface area contributed by atoms with Crippen molar-refractivity contribution in [2.75, 3.05) is 13.7 Å². The molecule has 286 valence electrons. The number of hydrogen-bond donors (Lipinski definition) is 0. The Balaban J connectivity index is 1.62. The SMILES string of the molecule is CCCCC(CC)Cn1c2ccc(C(=NOC(C)=O)c3ccc(OC(C)COC)cc3C)cc2c2cc(C(=O)c3c(C)cc(C)cc3C)c3ccccc3c21. The molecule has 0 aliphatic rings.